The fraction of sp³-hybridized carbons (Fsp3) is 0.636. The lowest BCUT2D eigenvalue weighted by atomic mass is 10.1. The highest BCUT2D eigenvalue weighted by atomic mass is 35.5. The number of piperidine rings is 1. The van der Waals surface area contributed by atoms with Crippen LogP contribution in [0.1, 0.15) is 12.8 Å². The van der Waals surface area contributed by atoms with Gasteiger partial charge < -0.3 is 14.4 Å². The fourth-order valence-corrected chi connectivity index (χ4v) is 2.27. The highest BCUT2D eigenvalue weighted by molar-refractivity contribution is 6.31. The first-order valence-corrected chi connectivity index (χ1v) is 5.96. The third-order valence-electron chi connectivity index (χ3n) is 2.96. The number of halogens is 1. The zero-order valence-corrected chi connectivity index (χ0v) is 10.8. The Hall–Kier alpha value is -1.07. The van der Waals surface area contributed by atoms with Gasteiger partial charge in [-0.3, -0.25) is 0 Å². The molecule has 17 heavy (non-hydrogen) atoms. The number of hydrogen-bond acceptors (Lipinski definition) is 5. The zero-order valence-electron chi connectivity index (χ0n) is 10.0. The van der Waals surface area contributed by atoms with Gasteiger partial charge in [-0.05, 0) is 12.8 Å². The van der Waals surface area contributed by atoms with Crippen LogP contribution in [0.4, 0.5) is 5.82 Å². The normalized spacial score (nSPS) is 20.4. The summed E-state index contributed by atoms with van der Waals surface area (Å²) < 4.78 is 10.6. The number of ether oxygens (including phenoxy) is 2. The SMILES string of the molecule is COc1c(Cl)ncnc1N1CCCC(OC)C1. The van der Waals surface area contributed by atoms with Crippen molar-refractivity contribution < 1.29 is 9.47 Å². The lowest BCUT2D eigenvalue weighted by Crippen LogP contribution is -2.39. The Labute approximate surface area is 106 Å². The van der Waals surface area contributed by atoms with Gasteiger partial charge in [-0.15, -0.1) is 0 Å². The molecule has 0 aliphatic carbocycles. The zero-order chi connectivity index (χ0) is 12.3. The van der Waals surface area contributed by atoms with Gasteiger partial charge in [-0.25, -0.2) is 9.97 Å². The van der Waals surface area contributed by atoms with Crippen molar-refractivity contribution in [1.29, 1.82) is 0 Å². The molecule has 1 fully saturated rings. The molecule has 2 rings (SSSR count). The van der Waals surface area contributed by atoms with Crippen LogP contribution in [0.2, 0.25) is 5.15 Å². The van der Waals surface area contributed by atoms with Crippen molar-refractivity contribution in [2.24, 2.45) is 0 Å². The number of nitrogens with zero attached hydrogens (tertiary/aromatic N) is 3. The van der Waals surface area contributed by atoms with E-state index in [0.29, 0.717) is 10.9 Å². The average Bonchev–Trinajstić information content (AvgIpc) is 2.38. The van der Waals surface area contributed by atoms with Gasteiger partial charge in [-0.1, -0.05) is 11.6 Å². The highest BCUT2D eigenvalue weighted by Gasteiger charge is 2.24. The van der Waals surface area contributed by atoms with E-state index in [1.165, 1.54) is 6.33 Å². The molecule has 94 valence electrons. The van der Waals surface area contributed by atoms with Crippen molar-refractivity contribution in [2.45, 2.75) is 18.9 Å². The summed E-state index contributed by atoms with van der Waals surface area (Å²) >= 11 is 5.98. The lowest BCUT2D eigenvalue weighted by molar-refractivity contribution is 0.0890. The molecule has 2 heterocycles. The summed E-state index contributed by atoms with van der Waals surface area (Å²) in [4.78, 5) is 10.3. The van der Waals surface area contributed by atoms with E-state index >= 15 is 0 Å². The summed E-state index contributed by atoms with van der Waals surface area (Å²) in [6.07, 6.45) is 3.84. The first-order chi connectivity index (χ1) is 8.26. The molecule has 6 heteroatoms. The quantitative estimate of drug-likeness (QED) is 0.772. The molecule has 1 aliphatic heterocycles. The highest BCUT2D eigenvalue weighted by Crippen LogP contribution is 2.33. The van der Waals surface area contributed by atoms with Crippen LogP contribution >= 0.6 is 11.6 Å². The Morgan fingerprint density at radius 2 is 2.24 bits per heavy atom. The van der Waals surface area contributed by atoms with E-state index in [4.69, 9.17) is 21.1 Å². The van der Waals surface area contributed by atoms with Crippen LogP contribution < -0.4 is 9.64 Å². The van der Waals surface area contributed by atoms with E-state index in [0.717, 1.165) is 31.7 Å². The van der Waals surface area contributed by atoms with Crippen molar-refractivity contribution in [1.82, 2.24) is 9.97 Å². The molecular weight excluding hydrogens is 242 g/mol. The van der Waals surface area contributed by atoms with Gasteiger partial charge >= 0.3 is 0 Å². The average molecular weight is 258 g/mol. The number of aromatic nitrogens is 2. The third-order valence-corrected chi connectivity index (χ3v) is 3.23. The Bertz CT molecular complexity index is 389. The minimum Gasteiger partial charge on any atom is -0.490 e. The Kier molecular flexibility index (Phi) is 4.02. The maximum atomic E-state index is 5.98. The van der Waals surface area contributed by atoms with Gasteiger partial charge in [0.2, 0.25) is 0 Å². The molecule has 0 bridgehead atoms. The van der Waals surface area contributed by atoms with Gasteiger partial charge in [0.1, 0.15) is 6.33 Å². The molecule has 1 aromatic rings. The number of hydrogen-bond donors (Lipinski definition) is 0. The molecule has 1 aromatic heterocycles. The molecule has 1 saturated heterocycles. The molecular formula is C11H16ClN3O2. The standard InChI is InChI=1S/C11H16ClN3O2/c1-16-8-4-3-5-15(6-8)11-9(17-2)10(12)13-7-14-11/h7-8H,3-6H2,1-2H3. The van der Waals surface area contributed by atoms with Crippen LogP contribution in [0.3, 0.4) is 0 Å². The second-order valence-electron chi connectivity index (χ2n) is 3.97. The topological polar surface area (TPSA) is 47.5 Å². The van der Waals surface area contributed by atoms with E-state index in [-0.39, 0.29) is 6.10 Å². The largest absolute Gasteiger partial charge is 0.490 e. The monoisotopic (exact) mass is 257 g/mol. The molecule has 5 nitrogen and oxygen atoms in total. The van der Waals surface area contributed by atoms with Gasteiger partial charge in [-0.2, -0.15) is 0 Å². The van der Waals surface area contributed by atoms with Gasteiger partial charge in [0, 0.05) is 20.2 Å². The van der Waals surface area contributed by atoms with Crippen LogP contribution in [0.25, 0.3) is 0 Å². The maximum absolute atomic E-state index is 5.98. The molecule has 1 unspecified atom stereocenters. The fourth-order valence-electron chi connectivity index (χ4n) is 2.07. The summed E-state index contributed by atoms with van der Waals surface area (Å²) in [7, 11) is 3.31. The first kappa shape index (κ1) is 12.4. The Morgan fingerprint density at radius 1 is 1.41 bits per heavy atom. The van der Waals surface area contributed by atoms with E-state index in [1.54, 1.807) is 14.2 Å². The van der Waals surface area contributed by atoms with Crippen molar-refractivity contribution in [3.05, 3.63) is 11.5 Å². The minimum absolute atomic E-state index is 0.238. The third kappa shape index (κ3) is 2.61. The predicted molar refractivity (Wildman–Crippen MR) is 65.8 cm³/mol. The number of rotatable bonds is 3. The molecule has 0 amide bonds. The second kappa shape index (κ2) is 5.51. The Morgan fingerprint density at radius 3 is 2.94 bits per heavy atom. The summed E-state index contributed by atoms with van der Waals surface area (Å²) in [5.74, 6) is 1.28. The van der Waals surface area contributed by atoms with E-state index < -0.39 is 0 Å². The van der Waals surface area contributed by atoms with E-state index in [2.05, 4.69) is 14.9 Å². The maximum Gasteiger partial charge on any atom is 0.199 e. The number of anilines is 1. The molecule has 0 saturated carbocycles. The van der Waals surface area contributed by atoms with Crippen molar-refractivity contribution in [3.63, 3.8) is 0 Å². The summed E-state index contributed by atoms with van der Waals surface area (Å²) in [6, 6.07) is 0. The number of methoxy groups -OCH3 is 2. The smallest absolute Gasteiger partial charge is 0.199 e. The van der Waals surface area contributed by atoms with E-state index in [9.17, 15) is 0 Å². The Balaban J connectivity index is 2.24. The van der Waals surface area contributed by atoms with Crippen LogP contribution in [0, 0.1) is 0 Å². The van der Waals surface area contributed by atoms with Gasteiger partial charge in [0.15, 0.2) is 16.7 Å². The lowest BCUT2D eigenvalue weighted by Gasteiger charge is -2.33. The molecule has 0 spiro atoms. The van der Waals surface area contributed by atoms with Gasteiger partial charge in [0.05, 0.1) is 13.2 Å². The van der Waals surface area contributed by atoms with Gasteiger partial charge in [0.25, 0.3) is 0 Å². The van der Waals surface area contributed by atoms with E-state index in [1.807, 2.05) is 0 Å². The van der Waals surface area contributed by atoms with Crippen LogP contribution in [0.5, 0.6) is 5.75 Å². The second-order valence-corrected chi connectivity index (χ2v) is 4.33. The van der Waals surface area contributed by atoms with Crippen molar-refractivity contribution >= 4 is 17.4 Å². The molecule has 1 aliphatic rings. The minimum atomic E-state index is 0.238. The first-order valence-electron chi connectivity index (χ1n) is 5.58. The van der Waals surface area contributed by atoms with Crippen molar-refractivity contribution in [3.8, 4) is 5.75 Å². The summed E-state index contributed by atoms with van der Waals surface area (Å²) in [5.41, 5.74) is 0. The molecule has 1 atom stereocenters. The predicted octanol–water partition coefficient (Wildman–Crippen LogP) is 1.75. The van der Waals surface area contributed by atoms with Crippen LogP contribution in [-0.2, 0) is 4.74 Å². The molecule has 0 N–H and O–H groups in total. The van der Waals surface area contributed by atoms with Crippen LogP contribution in [0.15, 0.2) is 6.33 Å². The van der Waals surface area contributed by atoms with Crippen LogP contribution in [-0.4, -0.2) is 43.4 Å². The molecule has 0 radical (unpaired) electrons. The summed E-state index contributed by atoms with van der Waals surface area (Å²) in [5, 5.41) is 0.344. The van der Waals surface area contributed by atoms with Crippen molar-refractivity contribution in [2.75, 3.05) is 32.2 Å². The molecule has 0 aromatic carbocycles. The summed E-state index contributed by atoms with van der Waals surface area (Å²) in [6.45, 7) is 1.74.